The fourth-order valence-corrected chi connectivity index (χ4v) is 3.41. The van der Waals surface area contributed by atoms with Crippen molar-refractivity contribution in [3.63, 3.8) is 0 Å². The molecule has 1 saturated carbocycles. The summed E-state index contributed by atoms with van der Waals surface area (Å²) in [5.74, 6) is 0.543. The second kappa shape index (κ2) is 5.76. The van der Waals surface area contributed by atoms with Crippen molar-refractivity contribution in [2.75, 3.05) is 11.1 Å². The number of aliphatic hydroxyl groups is 1. The van der Waals surface area contributed by atoms with Gasteiger partial charge in [-0.2, -0.15) is 4.37 Å². The molecular weight excluding hydrogens is 272 g/mol. The molecule has 0 atom stereocenters. The summed E-state index contributed by atoms with van der Waals surface area (Å²) in [5.41, 5.74) is 7.91. The molecule has 2 heterocycles. The molecule has 0 unspecified atom stereocenters. The number of nitrogen functional groups attached to an aromatic ring is 1. The van der Waals surface area contributed by atoms with Crippen LogP contribution in [0.5, 0.6) is 0 Å². The molecule has 1 fully saturated rings. The minimum Gasteiger partial charge on any atom is -0.393 e. The average molecular weight is 290 g/mol. The van der Waals surface area contributed by atoms with Crippen LogP contribution in [-0.4, -0.2) is 26.6 Å². The normalized spacial score (nSPS) is 22.6. The average Bonchev–Trinajstić information content (AvgIpc) is 2.83. The zero-order valence-electron chi connectivity index (χ0n) is 11.1. The van der Waals surface area contributed by atoms with E-state index in [2.05, 4.69) is 14.7 Å². The summed E-state index contributed by atoms with van der Waals surface area (Å²) in [5, 5.41) is 14.1. The number of nitrogens with zero attached hydrogens (tertiary/aromatic N) is 2. The zero-order chi connectivity index (χ0) is 13.9. The number of rotatable bonds is 3. The van der Waals surface area contributed by atoms with Gasteiger partial charge in [-0.05, 0) is 43.3 Å². The van der Waals surface area contributed by atoms with Gasteiger partial charge in [0.2, 0.25) is 0 Å². The summed E-state index contributed by atoms with van der Waals surface area (Å²) in [6.45, 7) is 0. The maximum Gasteiger partial charge on any atom is 0.147 e. The topological polar surface area (TPSA) is 84.1 Å². The van der Waals surface area contributed by atoms with E-state index >= 15 is 0 Å². The number of nitrogens with one attached hydrogen (secondary N) is 1. The molecule has 5 nitrogen and oxygen atoms in total. The van der Waals surface area contributed by atoms with Crippen LogP contribution in [-0.2, 0) is 0 Å². The third-order valence-corrected chi connectivity index (χ3v) is 4.49. The van der Waals surface area contributed by atoms with Gasteiger partial charge in [0.15, 0.2) is 0 Å². The number of aromatic nitrogens is 2. The lowest BCUT2D eigenvalue weighted by Gasteiger charge is -2.26. The minimum absolute atomic E-state index is 0.141. The van der Waals surface area contributed by atoms with Gasteiger partial charge in [0.05, 0.1) is 11.7 Å². The van der Waals surface area contributed by atoms with E-state index in [1.165, 1.54) is 11.5 Å². The molecule has 2 aromatic heterocycles. The van der Waals surface area contributed by atoms with Crippen LogP contribution in [0.3, 0.4) is 0 Å². The van der Waals surface area contributed by atoms with Gasteiger partial charge in [0.25, 0.3) is 0 Å². The van der Waals surface area contributed by atoms with Crippen LogP contribution in [0, 0.1) is 0 Å². The Balaban J connectivity index is 1.81. The molecule has 3 rings (SSSR count). The summed E-state index contributed by atoms with van der Waals surface area (Å²) < 4.78 is 4.25. The molecule has 0 aliphatic heterocycles. The van der Waals surface area contributed by atoms with Gasteiger partial charge in [-0.25, -0.2) is 0 Å². The molecule has 0 spiro atoms. The monoisotopic (exact) mass is 290 g/mol. The first kappa shape index (κ1) is 13.3. The number of nitrogens with two attached hydrogens (primary N) is 1. The second-order valence-electron chi connectivity index (χ2n) is 5.16. The van der Waals surface area contributed by atoms with Gasteiger partial charge in [0.1, 0.15) is 10.8 Å². The molecule has 6 heteroatoms. The summed E-state index contributed by atoms with van der Waals surface area (Å²) in [7, 11) is 0. The van der Waals surface area contributed by atoms with Gasteiger partial charge in [-0.15, -0.1) is 0 Å². The van der Waals surface area contributed by atoms with Crippen molar-refractivity contribution in [2.24, 2.45) is 0 Å². The number of aliphatic hydroxyl groups excluding tert-OH is 1. The SMILES string of the molecule is Nc1nsc(NC2CCC(O)CC2)c1-c1cccnc1. The third kappa shape index (κ3) is 2.76. The lowest BCUT2D eigenvalue weighted by molar-refractivity contribution is 0.126. The summed E-state index contributed by atoms with van der Waals surface area (Å²) in [6.07, 6.45) is 7.07. The van der Waals surface area contributed by atoms with E-state index in [1.54, 1.807) is 12.4 Å². The molecule has 4 N–H and O–H groups in total. The number of hydrogen-bond acceptors (Lipinski definition) is 6. The lowest BCUT2D eigenvalue weighted by atomic mass is 9.93. The van der Waals surface area contributed by atoms with Crippen LogP contribution in [0.15, 0.2) is 24.5 Å². The van der Waals surface area contributed by atoms with Gasteiger partial charge < -0.3 is 16.2 Å². The maximum absolute atomic E-state index is 9.56. The molecule has 1 aliphatic rings. The molecule has 0 aromatic carbocycles. The Hall–Kier alpha value is -1.66. The third-order valence-electron chi connectivity index (χ3n) is 3.70. The fraction of sp³-hybridized carbons (Fsp3) is 0.429. The van der Waals surface area contributed by atoms with Crippen LogP contribution in [0.25, 0.3) is 11.1 Å². The largest absolute Gasteiger partial charge is 0.393 e. The van der Waals surface area contributed by atoms with Crippen LogP contribution >= 0.6 is 11.5 Å². The van der Waals surface area contributed by atoms with Gasteiger partial charge >= 0.3 is 0 Å². The second-order valence-corrected chi connectivity index (χ2v) is 5.94. The van der Waals surface area contributed by atoms with Crippen molar-refractivity contribution >= 4 is 22.4 Å². The first-order chi connectivity index (χ1) is 9.74. The quantitative estimate of drug-likeness (QED) is 0.809. The van der Waals surface area contributed by atoms with E-state index in [9.17, 15) is 5.11 Å². The maximum atomic E-state index is 9.56. The predicted octanol–water partition coefficient (Wildman–Crippen LogP) is 2.50. The Kier molecular flexibility index (Phi) is 3.84. The van der Waals surface area contributed by atoms with Crippen molar-refractivity contribution in [1.82, 2.24) is 9.36 Å². The highest BCUT2D eigenvalue weighted by Crippen LogP contribution is 2.37. The van der Waals surface area contributed by atoms with E-state index < -0.39 is 0 Å². The fourth-order valence-electron chi connectivity index (χ4n) is 2.60. The molecule has 106 valence electrons. The van der Waals surface area contributed by atoms with Crippen LogP contribution in [0.1, 0.15) is 25.7 Å². The van der Waals surface area contributed by atoms with Crippen LogP contribution in [0.2, 0.25) is 0 Å². The van der Waals surface area contributed by atoms with Gasteiger partial charge in [-0.3, -0.25) is 4.98 Å². The van der Waals surface area contributed by atoms with Crippen molar-refractivity contribution in [1.29, 1.82) is 0 Å². The summed E-state index contributed by atoms with van der Waals surface area (Å²) >= 11 is 1.39. The highest BCUT2D eigenvalue weighted by molar-refractivity contribution is 7.11. The van der Waals surface area contributed by atoms with Crippen molar-refractivity contribution in [2.45, 2.75) is 37.8 Å². The van der Waals surface area contributed by atoms with E-state index in [1.807, 2.05) is 12.1 Å². The highest BCUT2D eigenvalue weighted by Gasteiger charge is 2.22. The lowest BCUT2D eigenvalue weighted by Crippen LogP contribution is -2.28. The Labute approximate surface area is 122 Å². The highest BCUT2D eigenvalue weighted by atomic mass is 32.1. The van der Waals surface area contributed by atoms with Crippen LogP contribution < -0.4 is 11.1 Å². The number of pyridine rings is 1. The Morgan fingerprint density at radius 2 is 2.10 bits per heavy atom. The zero-order valence-corrected chi connectivity index (χ0v) is 11.9. The van der Waals surface area contributed by atoms with E-state index in [4.69, 9.17) is 5.73 Å². The predicted molar refractivity (Wildman–Crippen MR) is 81.6 cm³/mol. The molecular formula is C14H18N4OS. The Bertz CT molecular complexity index is 564. The number of anilines is 2. The summed E-state index contributed by atoms with van der Waals surface area (Å²) in [4.78, 5) is 4.14. The Morgan fingerprint density at radius 1 is 1.30 bits per heavy atom. The van der Waals surface area contributed by atoms with Gasteiger partial charge in [-0.1, -0.05) is 6.07 Å². The summed E-state index contributed by atoms with van der Waals surface area (Å²) in [6, 6.07) is 4.27. The first-order valence-corrected chi connectivity index (χ1v) is 7.61. The first-order valence-electron chi connectivity index (χ1n) is 6.84. The minimum atomic E-state index is -0.141. The number of hydrogen-bond donors (Lipinski definition) is 3. The molecule has 1 aliphatic carbocycles. The van der Waals surface area contributed by atoms with Crippen LogP contribution in [0.4, 0.5) is 10.8 Å². The molecule has 20 heavy (non-hydrogen) atoms. The van der Waals surface area contributed by atoms with Crippen molar-refractivity contribution < 1.29 is 5.11 Å². The molecule has 2 aromatic rings. The van der Waals surface area contributed by atoms with Gasteiger partial charge in [0, 0.05) is 24.0 Å². The molecule has 0 bridgehead atoms. The molecule has 0 radical (unpaired) electrons. The standard InChI is InChI=1S/C14H18N4OS/c15-13-12(9-2-1-7-16-8-9)14(20-18-13)17-10-3-5-11(19)6-4-10/h1-2,7-8,10-11,17,19H,3-6H2,(H2,15,18). The van der Waals surface area contributed by atoms with Crippen molar-refractivity contribution in [3.8, 4) is 11.1 Å². The van der Waals surface area contributed by atoms with E-state index in [0.29, 0.717) is 11.9 Å². The molecule has 0 saturated heterocycles. The Morgan fingerprint density at radius 3 is 2.80 bits per heavy atom. The van der Waals surface area contributed by atoms with Crippen molar-refractivity contribution in [3.05, 3.63) is 24.5 Å². The smallest absolute Gasteiger partial charge is 0.147 e. The van der Waals surface area contributed by atoms with E-state index in [0.717, 1.165) is 41.8 Å². The van der Waals surface area contributed by atoms with E-state index in [-0.39, 0.29) is 6.10 Å². The molecule has 0 amide bonds.